The van der Waals surface area contributed by atoms with Crippen molar-refractivity contribution in [3.8, 4) is 5.75 Å². The van der Waals surface area contributed by atoms with Crippen LogP contribution >= 0.6 is 0 Å². The van der Waals surface area contributed by atoms with Crippen LogP contribution in [0.25, 0.3) is 0 Å². The molecule has 1 amide bonds. The van der Waals surface area contributed by atoms with Gasteiger partial charge in [-0.15, -0.1) is 0 Å². The third kappa shape index (κ3) is 4.69. The van der Waals surface area contributed by atoms with E-state index < -0.39 is 0 Å². The third-order valence-electron chi connectivity index (χ3n) is 3.71. The van der Waals surface area contributed by atoms with Gasteiger partial charge in [-0.3, -0.25) is 4.79 Å². The van der Waals surface area contributed by atoms with Crippen molar-refractivity contribution in [3.05, 3.63) is 23.8 Å². The van der Waals surface area contributed by atoms with E-state index >= 15 is 0 Å². The summed E-state index contributed by atoms with van der Waals surface area (Å²) in [6.45, 7) is 2.86. The zero-order chi connectivity index (χ0) is 15.9. The van der Waals surface area contributed by atoms with E-state index in [1.807, 2.05) is 6.92 Å². The zero-order valence-corrected chi connectivity index (χ0v) is 12.8. The van der Waals surface area contributed by atoms with Crippen molar-refractivity contribution in [1.29, 1.82) is 0 Å². The van der Waals surface area contributed by atoms with Crippen molar-refractivity contribution >= 4 is 11.6 Å². The third-order valence-corrected chi connectivity index (χ3v) is 3.71. The smallest absolute Gasteiger partial charge is 0.225 e. The van der Waals surface area contributed by atoms with Crippen molar-refractivity contribution in [1.82, 2.24) is 5.32 Å². The summed E-state index contributed by atoms with van der Waals surface area (Å²) in [5.74, 6) is 0.550. The fraction of sp³-hybridized carbons (Fsp3) is 0.562. The van der Waals surface area contributed by atoms with Crippen molar-refractivity contribution < 1.29 is 19.7 Å². The summed E-state index contributed by atoms with van der Waals surface area (Å²) in [7, 11) is 0. The zero-order valence-electron chi connectivity index (χ0n) is 12.8. The predicted molar refractivity (Wildman–Crippen MR) is 83.8 cm³/mol. The molecule has 0 saturated heterocycles. The van der Waals surface area contributed by atoms with E-state index in [4.69, 9.17) is 4.74 Å². The molecule has 1 aliphatic carbocycles. The number of benzene rings is 1. The first-order chi connectivity index (χ1) is 10.6. The molecule has 1 aromatic rings. The van der Waals surface area contributed by atoms with Crippen LogP contribution in [0, 0.1) is 0 Å². The van der Waals surface area contributed by atoms with Gasteiger partial charge in [0.05, 0.1) is 19.3 Å². The highest BCUT2D eigenvalue weighted by Gasteiger charge is 2.26. The Morgan fingerprint density at radius 3 is 2.82 bits per heavy atom. The molecule has 1 fully saturated rings. The number of carbonyl (C=O) groups excluding carboxylic acids is 1. The predicted octanol–water partition coefficient (Wildman–Crippen LogP) is 1.02. The molecule has 1 aliphatic rings. The molecule has 0 aromatic heterocycles. The number of rotatable bonds is 8. The number of nitrogens with one attached hydrogen (secondary N) is 2. The molecule has 1 aromatic carbocycles. The molecule has 4 N–H and O–H groups in total. The highest BCUT2D eigenvalue weighted by molar-refractivity contribution is 5.91. The lowest BCUT2D eigenvalue weighted by Gasteiger charge is -2.32. The number of anilines is 1. The molecule has 0 atom stereocenters. The van der Waals surface area contributed by atoms with Gasteiger partial charge in [0.25, 0.3) is 0 Å². The van der Waals surface area contributed by atoms with E-state index in [0.29, 0.717) is 42.6 Å². The Kier molecular flexibility index (Phi) is 6.18. The number of amides is 1. The van der Waals surface area contributed by atoms with E-state index in [1.165, 1.54) is 0 Å². The summed E-state index contributed by atoms with van der Waals surface area (Å²) in [5.41, 5.74) is 1.30. The van der Waals surface area contributed by atoms with Crippen molar-refractivity contribution in [3.63, 3.8) is 0 Å². The lowest BCUT2D eigenvalue weighted by atomic mass is 9.89. The van der Waals surface area contributed by atoms with Crippen molar-refractivity contribution in [2.24, 2.45) is 0 Å². The summed E-state index contributed by atoms with van der Waals surface area (Å²) in [6, 6.07) is 5.56. The van der Waals surface area contributed by atoms with Gasteiger partial charge in [0.1, 0.15) is 5.75 Å². The Morgan fingerprint density at radius 1 is 1.41 bits per heavy atom. The number of hydrogen-bond acceptors (Lipinski definition) is 5. The van der Waals surface area contributed by atoms with Gasteiger partial charge in [0.2, 0.25) is 5.91 Å². The van der Waals surface area contributed by atoms with Gasteiger partial charge in [-0.2, -0.15) is 0 Å². The molecule has 0 aliphatic heterocycles. The highest BCUT2D eigenvalue weighted by Crippen LogP contribution is 2.23. The summed E-state index contributed by atoms with van der Waals surface area (Å²) < 4.78 is 5.40. The van der Waals surface area contributed by atoms with Crippen LogP contribution in [0.1, 0.15) is 31.7 Å². The number of ether oxygens (including phenoxy) is 1. The molecule has 2 rings (SSSR count). The fourth-order valence-corrected chi connectivity index (χ4v) is 2.44. The standard InChI is InChI=1S/C16H24N2O4/c1-2-22-15-4-3-12(7-11(15)10-19)18-16(21)5-6-17-13-8-14(20)9-13/h3-4,7,13-14,17,19-20H,2,5-6,8-10H2,1H3,(H,18,21). The summed E-state index contributed by atoms with van der Waals surface area (Å²) in [4.78, 5) is 11.9. The lowest BCUT2D eigenvalue weighted by molar-refractivity contribution is -0.116. The molecule has 6 nitrogen and oxygen atoms in total. The average Bonchev–Trinajstić information content (AvgIpc) is 2.47. The van der Waals surface area contributed by atoms with Crippen LogP contribution in [0.3, 0.4) is 0 Å². The summed E-state index contributed by atoms with van der Waals surface area (Å²) >= 11 is 0. The van der Waals surface area contributed by atoms with E-state index in [2.05, 4.69) is 10.6 Å². The molecule has 1 saturated carbocycles. The first-order valence-electron chi connectivity index (χ1n) is 7.70. The minimum Gasteiger partial charge on any atom is -0.494 e. The highest BCUT2D eigenvalue weighted by atomic mass is 16.5. The molecular formula is C16H24N2O4. The van der Waals surface area contributed by atoms with Crippen LogP contribution in [0.15, 0.2) is 18.2 Å². The normalized spacial score (nSPS) is 20.3. The van der Waals surface area contributed by atoms with Gasteiger partial charge in [-0.25, -0.2) is 0 Å². The maximum absolute atomic E-state index is 11.9. The Bertz CT molecular complexity index is 501. The largest absolute Gasteiger partial charge is 0.494 e. The summed E-state index contributed by atoms with van der Waals surface area (Å²) in [6.07, 6.45) is 1.71. The van der Waals surface area contributed by atoms with Crippen LogP contribution in [0.4, 0.5) is 5.69 Å². The maximum Gasteiger partial charge on any atom is 0.225 e. The molecule has 0 unspecified atom stereocenters. The molecule has 0 spiro atoms. The minimum absolute atomic E-state index is 0.0829. The van der Waals surface area contributed by atoms with Crippen LogP contribution in [-0.2, 0) is 11.4 Å². The Hall–Kier alpha value is -1.63. The van der Waals surface area contributed by atoms with Gasteiger partial charge < -0.3 is 25.6 Å². The van der Waals surface area contributed by atoms with Crippen LogP contribution in [-0.4, -0.2) is 41.4 Å². The van der Waals surface area contributed by atoms with Crippen LogP contribution in [0.2, 0.25) is 0 Å². The topological polar surface area (TPSA) is 90.8 Å². The van der Waals surface area contributed by atoms with Gasteiger partial charge >= 0.3 is 0 Å². The van der Waals surface area contributed by atoms with Crippen LogP contribution < -0.4 is 15.4 Å². The SMILES string of the molecule is CCOc1ccc(NC(=O)CCNC2CC(O)C2)cc1CO. The molecule has 6 heteroatoms. The summed E-state index contributed by atoms with van der Waals surface area (Å²) in [5, 5.41) is 24.6. The first kappa shape index (κ1) is 16.7. The Labute approximate surface area is 130 Å². The second kappa shape index (κ2) is 8.12. The van der Waals surface area contributed by atoms with Gasteiger partial charge in [-0.05, 0) is 38.0 Å². The maximum atomic E-state index is 11.9. The van der Waals surface area contributed by atoms with Gasteiger partial charge in [0.15, 0.2) is 0 Å². The second-order valence-electron chi connectivity index (χ2n) is 5.49. The molecule has 0 heterocycles. The molecule has 0 radical (unpaired) electrons. The second-order valence-corrected chi connectivity index (χ2v) is 5.49. The van der Waals surface area contributed by atoms with E-state index in [-0.39, 0.29) is 18.6 Å². The first-order valence-corrected chi connectivity index (χ1v) is 7.70. The molecule has 22 heavy (non-hydrogen) atoms. The van der Waals surface area contributed by atoms with Gasteiger partial charge in [-0.1, -0.05) is 0 Å². The Morgan fingerprint density at radius 2 is 2.18 bits per heavy atom. The minimum atomic E-state index is -0.188. The number of aliphatic hydroxyl groups excluding tert-OH is 2. The van der Waals surface area contributed by atoms with E-state index in [9.17, 15) is 15.0 Å². The lowest BCUT2D eigenvalue weighted by Crippen LogP contribution is -2.44. The van der Waals surface area contributed by atoms with Gasteiger partial charge in [0, 0.05) is 30.3 Å². The molecular weight excluding hydrogens is 284 g/mol. The molecule has 0 bridgehead atoms. The van der Waals surface area contributed by atoms with E-state index in [1.54, 1.807) is 18.2 Å². The quantitative estimate of drug-likeness (QED) is 0.575. The average molecular weight is 308 g/mol. The number of hydrogen-bond donors (Lipinski definition) is 4. The fourth-order valence-electron chi connectivity index (χ4n) is 2.44. The number of aliphatic hydroxyl groups is 2. The van der Waals surface area contributed by atoms with E-state index in [0.717, 1.165) is 12.8 Å². The van der Waals surface area contributed by atoms with Crippen molar-refractivity contribution in [2.75, 3.05) is 18.5 Å². The molecule has 122 valence electrons. The Balaban J connectivity index is 1.78. The number of carbonyl (C=O) groups is 1. The monoisotopic (exact) mass is 308 g/mol. The van der Waals surface area contributed by atoms with Crippen molar-refractivity contribution in [2.45, 2.75) is 44.9 Å². The van der Waals surface area contributed by atoms with Crippen LogP contribution in [0.5, 0.6) is 5.75 Å².